The molecule has 0 atom stereocenters. The number of rotatable bonds is 6. The van der Waals surface area contributed by atoms with E-state index in [0.29, 0.717) is 24.9 Å². The van der Waals surface area contributed by atoms with Crippen LogP contribution < -0.4 is 15.5 Å². The number of aryl methyl sites for hydroxylation is 1. The Balaban J connectivity index is 1.87. The van der Waals surface area contributed by atoms with E-state index in [9.17, 15) is 9.59 Å². The van der Waals surface area contributed by atoms with E-state index in [1.165, 1.54) is 19.3 Å². The number of aromatic nitrogens is 1. The zero-order valence-electron chi connectivity index (χ0n) is 14.0. The molecule has 6 heteroatoms. The summed E-state index contributed by atoms with van der Waals surface area (Å²) in [5, 5.41) is 5.40. The van der Waals surface area contributed by atoms with E-state index in [4.69, 9.17) is 0 Å². The second-order valence-electron chi connectivity index (χ2n) is 5.99. The summed E-state index contributed by atoms with van der Waals surface area (Å²) in [4.78, 5) is 29.9. The van der Waals surface area contributed by atoms with Crippen molar-refractivity contribution in [3.8, 4) is 0 Å². The van der Waals surface area contributed by atoms with Gasteiger partial charge in [-0.05, 0) is 44.2 Å². The number of pyridine rings is 1. The monoisotopic (exact) mass is 318 g/mol. The Bertz CT molecular complexity index is 554. The highest BCUT2D eigenvalue weighted by Gasteiger charge is 2.15. The second kappa shape index (κ2) is 8.50. The number of carbonyl (C=O) groups excluding carboxylic acids is 2. The predicted molar refractivity (Wildman–Crippen MR) is 91.6 cm³/mol. The average Bonchev–Trinajstić information content (AvgIpc) is 2.55. The summed E-state index contributed by atoms with van der Waals surface area (Å²) in [6, 6.07) is 1.97. The summed E-state index contributed by atoms with van der Waals surface area (Å²) in [6.07, 6.45) is 6.68. The number of anilines is 2. The zero-order chi connectivity index (χ0) is 16.7. The molecule has 1 fully saturated rings. The van der Waals surface area contributed by atoms with Crippen molar-refractivity contribution < 1.29 is 9.59 Å². The Morgan fingerprint density at radius 3 is 2.52 bits per heavy atom. The van der Waals surface area contributed by atoms with Gasteiger partial charge in [0.1, 0.15) is 5.82 Å². The maximum Gasteiger partial charge on any atom is 0.224 e. The fourth-order valence-corrected chi connectivity index (χ4v) is 2.83. The van der Waals surface area contributed by atoms with E-state index in [0.717, 1.165) is 24.5 Å². The van der Waals surface area contributed by atoms with Crippen LogP contribution in [0.2, 0.25) is 0 Å². The molecule has 6 nitrogen and oxygen atoms in total. The van der Waals surface area contributed by atoms with E-state index in [1.807, 2.05) is 13.0 Å². The van der Waals surface area contributed by atoms with Gasteiger partial charge in [-0.25, -0.2) is 4.98 Å². The molecule has 0 unspecified atom stereocenters. The Kier molecular flexibility index (Phi) is 6.38. The van der Waals surface area contributed by atoms with Gasteiger partial charge in [-0.2, -0.15) is 0 Å². The third-order valence-electron chi connectivity index (χ3n) is 4.08. The standard InChI is InChI=1S/C17H26N4O2/c1-13-11-14(20-16(23)8-6-7-15(22)18-2)12-19-17(13)21-9-4-3-5-10-21/h11-12H,3-10H2,1-2H3,(H,18,22)(H,20,23). The van der Waals surface area contributed by atoms with Crippen LogP contribution in [-0.4, -0.2) is 36.9 Å². The quantitative estimate of drug-likeness (QED) is 0.843. The maximum absolute atomic E-state index is 11.9. The first-order chi connectivity index (χ1) is 11.1. The number of hydrogen-bond acceptors (Lipinski definition) is 4. The van der Waals surface area contributed by atoms with Gasteiger partial charge < -0.3 is 15.5 Å². The third-order valence-corrected chi connectivity index (χ3v) is 4.08. The van der Waals surface area contributed by atoms with Gasteiger partial charge in [0.25, 0.3) is 0 Å². The molecule has 2 rings (SSSR count). The largest absolute Gasteiger partial charge is 0.359 e. The van der Waals surface area contributed by atoms with Crippen LogP contribution in [0.25, 0.3) is 0 Å². The first kappa shape index (κ1) is 17.2. The fourth-order valence-electron chi connectivity index (χ4n) is 2.83. The summed E-state index contributed by atoms with van der Waals surface area (Å²) in [6.45, 7) is 4.14. The van der Waals surface area contributed by atoms with Gasteiger partial charge in [-0.15, -0.1) is 0 Å². The molecule has 0 radical (unpaired) electrons. The lowest BCUT2D eigenvalue weighted by Crippen LogP contribution is -2.30. The van der Waals surface area contributed by atoms with Gasteiger partial charge in [0.05, 0.1) is 11.9 Å². The molecule has 1 aromatic rings. The molecule has 2 heterocycles. The number of hydrogen-bond donors (Lipinski definition) is 2. The molecule has 1 aliphatic heterocycles. The van der Waals surface area contributed by atoms with Crippen molar-refractivity contribution in [1.82, 2.24) is 10.3 Å². The molecule has 0 spiro atoms. The fraction of sp³-hybridized carbons (Fsp3) is 0.588. The highest BCUT2D eigenvalue weighted by molar-refractivity contribution is 5.91. The molecule has 0 saturated carbocycles. The van der Waals surface area contributed by atoms with Crippen LogP contribution in [0.1, 0.15) is 44.1 Å². The van der Waals surface area contributed by atoms with Crippen molar-refractivity contribution in [1.29, 1.82) is 0 Å². The highest BCUT2D eigenvalue weighted by Crippen LogP contribution is 2.23. The van der Waals surface area contributed by atoms with Crippen LogP contribution in [0.5, 0.6) is 0 Å². The summed E-state index contributed by atoms with van der Waals surface area (Å²) in [7, 11) is 1.60. The number of amides is 2. The van der Waals surface area contributed by atoms with E-state index < -0.39 is 0 Å². The van der Waals surface area contributed by atoms with Crippen LogP contribution in [0.15, 0.2) is 12.3 Å². The van der Waals surface area contributed by atoms with Crippen molar-refractivity contribution in [3.63, 3.8) is 0 Å². The SMILES string of the molecule is CNC(=O)CCCC(=O)Nc1cnc(N2CCCCC2)c(C)c1. The molecule has 0 bridgehead atoms. The van der Waals surface area contributed by atoms with Gasteiger partial charge >= 0.3 is 0 Å². The van der Waals surface area contributed by atoms with Crippen LogP contribution in [0.3, 0.4) is 0 Å². The predicted octanol–water partition coefficient (Wildman–Crippen LogP) is 2.24. The first-order valence-electron chi connectivity index (χ1n) is 8.32. The van der Waals surface area contributed by atoms with Crippen LogP contribution >= 0.6 is 0 Å². The Hall–Kier alpha value is -2.11. The van der Waals surface area contributed by atoms with Gasteiger partial charge in [-0.1, -0.05) is 0 Å². The van der Waals surface area contributed by atoms with Crippen molar-refractivity contribution in [2.45, 2.75) is 45.4 Å². The van der Waals surface area contributed by atoms with Gasteiger partial charge in [-0.3, -0.25) is 9.59 Å². The number of carbonyl (C=O) groups is 2. The lowest BCUT2D eigenvalue weighted by Gasteiger charge is -2.29. The minimum Gasteiger partial charge on any atom is -0.359 e. The number of nitrogens with one attached hydrogen (secondary N) is 2. The van der Waals surface area contributed by atoms with Crippen molar-refractivity contribution >= 4 is 23.3 Å². The lowest BCUT2D eigenvalue weighted by molar-refractivity contribution is -0.120. The Labute approximate surface area is 137 Å². The van der Waals surface area contributed by atoms with Gasteiger partial charge in [0.15, 0.2) is 0 Å². The topological polar surface area (TPSA) is 74.3 Å². The molecule has 23 heavy (non-hydrogen) atoms. The molecule has 126 valence electrons. The van der Waals surface area contributed by atoms with Crippen molar-refractivity contribution in [2.75, 3.05) is 30.4 Å². The molecule has 0 aliphatic carbocycles. The number of nitrogens with zero attached hydrogens (tertiary/aromatic N) is 2. The molecule has 1 aromatic heterocycles. The highest BCUT2D eigenvalue weighted by atomic mass is 16.2. The van der Waals surface area contributed by atoms with E-state index in [2.05, 4.69) is 20.5 Å². The summed E-state index contributed by atoms with van der Waals surface area (Å²) in [5.74, 6) is 0.893. The summed E-state index contributed by atoms with van der Waals surface area (Å²) >= 11 is 0. The smallest absolute Gasteiger partial charge is 0.224 e. The van der Waals surface area contributed by atoms with Crippen molar-refractivity contribution in [3.05, 3.63) is 17.8 Å². The molecule has 2 amide bonds. The average molecular weight is 318 g/mol. The van der Waals surface area contributed by atoms with E-state index in [-0.39, 0.29) is 11.8 Å². The van der Waals surface area contributed by atoms with Crippen LogP contribution in [-0.2, 0) is 9.59 Å². The molecule has 0 aromatic carbocycles. The summed E-state index contributed by atoms with van der Waals surface area (Å²) < 4.78 is 0. The minimum atomic E-state index is -0.0826. The minimum absolute atomic E-state index is 0.0406. The molecule has 2 N–H and O–H groups in total. The summed E-state index contributed by atoms with van der Waals surface area (Å²) in [5.41, 5.74) is 1.79. The second-order valence-corrected chi connectivity index (χ2v) is 5.99. The zero-order valence-corrected chi connectivity index (χ0v) is 14.0. The van der Waals surface area contributed by atoms with E-state index >= 15 is 0 Å². The Morgan fingerprint density at radius 2 is 1.87 bits per heavy atom. The van der Waals surface area contributed by atoms with Crippen LogP contribution in [0, 0.1) is 6.92 Å². The lowest BCUT2D eigenvalue weighted by atomic mass is 10.1. The molecule has 1 saturated heterocycles. The normalized spacial score (nSPS) is 14.4. The van der Waals surface area contributed by atoms with Gasteiger partial charge in [0.2, 0.25) is 11.8 Å². The van der Waals surface area contributed by atoms with E-state index in [1.54, 1.807) is 13.2 Å². The Morgan fingerprint density at radius 1 is 1.17 bits per heavy atom. The van der Waals surface area contributed by atoms with Crippen LogP contribution in [0.4, 0.5) is 11.5 Å². The molecular formula is C17H26N4O2. The third kappa shape index (κ3) is 5.23. The maximum atomic E-state index is 11.9. The molecular weight excluding hydrogens is 292 g/mol. The van der Waals surface area contributed by atoms with Gasteiger partial charge in [0, 0.05) is 33.0 Å². The van der Waals surface area contributed by atoms with Crippen molar-refractivity contribution in [2.24, 2.45) is 0 Å². The first-order valence-corrected chi connectivity index (χ1v) is 8.32. The number of piperidine rings is 1. The molecule has 1 aliphatic rings.